The van der Waals surface area contributed by atoms with E-state index in [0.29, 0.717) is 10.6 Å². The largest absolute Gasteiger partial charge is 0.316 e. The van der Waals surface area contributed by atoms with Crippen molar-refractivity contribution in [2.24, 2.45) is 0 Å². The van der Waals surface area contributed by atoms with Crippen LogP contribution in [0.1, 0.15) is 28.5 Å². The number of anilines is 1. The molecule has 0 aliphatic carbocycles. The number of thioether (sulfide) groups is 1. The van der Waals surface area contributed by atoms with Crippen LogP contribution in [-0.2, 0) is 4.79 Å². The van der Waals surface area contributed by atoms with E-state index in [0.717, 1.165) is 31.9 Å². The van der Waals surface area contributed by atoms with E-state index >= 15 is 0 Å². The summed E-state index contributed by atoms with van der Waals surface area (Å²) in [5, 5.41) is 14.5. The van der Waals surface area contributed by atoms with Crippen LogP contribution in [-0.4, -0.2) is 16.1 Å². The van der Waals surface area contributed by atoms with Crippen molar-refractivity contribution in [1.29, 1.82) is 5.26 Å². The Hall–Kier alpha value is -2.36. The number of aromatic nitrogens is 1. The molecule has 0 saturated heterocycles. The van der Waals surface area contributed by atoms with Crippen LogP contribution < -0.4 is 5.32 Å². The number of hydrogen-bond donors (Lipinski definition) is 1. The SMILES string of the molecule is Cc1sc(NC(=O)C(C)Sc2cc(C)c3ccccc3n2)c(C#N)c1C. The molecule has 1 N–H and O–H groups in total. The fraction of sp³-hybridized carbons (Fsp3) is 0.250. The van der Waals surface area contributed by atoms with Crippen LogP contribution in [0, 0.1) is 32.1 Å². The second-order valence-corrected chi connectivity index (χ2v) is 8.73. The molecule has 0 aliphatic heterocycles. The summed E-state index contributed by atoms with van der Waals surface area (Å²) in [4.78, 5) is 18.3. The number of pyridine rings is 1. The molecule has 132 valence electrons. The molecule has 3 aromatic rings. The van der Waals surface area contributed by atoms with E-state index in [-0.39, 0.29) is 11.2 Å². The smallest absolute Gasteiger partial charge is 0.238 e. The highest BCUT2D eigenvalue weighted by atomic mass is 32.2. The topological polar surface area (TPSA) is 65.8 Å². The van der Waals surface area contributed by atoms with Crippen LogP contribution >= 0.6 is 23.1 Å². The van der Waals surface area contributed by atoms with Crippen molar-refractivity contribution in [2.45, 2.75) is 38.0 Å². The number of benzene rings is 1. The van der Waals surface area contributed by atoms with Gasteiger partial charge in [-0.1, -0.05) is 30.0 Å². The lowest BCUT2D eigenvalue weighted by Crippen LogP contribution is -2.22. The van der Waals surface area contributed by atoms with Gasteiger partial charge in [-0.2, -0.15) is 5.26 Å². The molecule has 0 aliphatic rings. The number of hydrogen-bond acceptors (Lipinski definition) is 5. The molecule has 1 unspecified atom stereocenters. The van der Waals surface area contributed by atoms with Gasteiger partial charge in [0.25, 0.3) is 0 Å². The summed E-state index contributed by atoms with van der Waals surface area (Å²) in [5.41, 5.74) is 3.55. The second-order valence-electron chi connectivity index (χ2n) is 6.14. The second kappa shape index (κ2) is 7.48. The van der Waals surface area contributed by atoms with Gasteiger partial charge >= 0.3 is 0 Å². The maximum Gasteiger partial charge on any atom is 0.238 e. The molecule has 0 spiro atoms. The summed E-state index contributed by atoms with van der Waals surface area (Å²) in [6.45, 7) is 7.76. The van der Waals surface area contributed by atoms with E-state index in [9.17, 15) is 10.1 Å². The van der Waals surface area contributed by atoms with Crippen molar-refractivity contribution in [3.05, 3.63) is 51.9 Å². The Balaban J connectivity index is 1.78. The van der Waals surface area contributed by atoms with E-state index in [2.05, 4.69) is 23.3 Å². The first-order valence-corrected chi connectivity index (χ1v) is 9.94. The van der Waals surface area contributed by atoms with E-state index in [1.807, 2.05) is 51.1 Å². The highest BCUT2D eigenvalue weighted by Gasteiger charge is 2.20. The Kier molecular flexibility index (Phi) is 5.30. The number of nitrogens with one attached hydrogen (secondary N) is 1. The Morgan fingerprint density at radius 1 is 1.31 bits per heavy atom. The number of carbonyl (C=O) groups excluding carboxylic acids is 1. The summed E-state index contributed by atoms with van der Waals surface area (Å²) in [6, 6.07) is 12.2. The number of para-hydroxylation sites is 1. The average Bonchev–Trinajstić information content (AvgIpc) is 2.88. The van der Waals surface area contributed by atoms with Crippen LogP contribution in [0.2, 0.25) is 0 Å². The molecule has 2 aromatic heterocycles. The predicted octanol–water partition coefficient (Wildman–Crippen LogP) is 5.21. The minimum absolute atomic E-state index is 0.125. The molecular formula is C20H19N3OS2. The Labute approximate surface area is 161 Å². The third kappa shape index (κ3) is 3.59. The lowest BCUT2D eigenvalue weighted by atomic mass is 10.1. The molecule has 26 heavy (non-hydrogen) atoms. The fourth-order valence-electron chi connectivity index (χ4n) is 2.68. The predicted molar refractivity (Wildman–Crippen MR) is 109 cm³/mol. The minimum atomic E-state index is -0.322. The number of thiophene rings is 1. The molecule has 1 aromatic carbocycles. The van der Waals surface area contributed by atoms with Gasteiger partial charge in [0, 0.05) is 10.3 Å². The molecule has 0 radical (unpaired) electrons. The number of carbonyl (C=O) groups is 1. The van der Waals surface area contributed by atoms with Gasteiger partial charge in [0.15, 0.2) is 0 Å². The van der Waals surface area contributed by atoms with E-state index in [4.69, 9.17) is 0 Å². The first-order valence-electron chi connectivity index (χ1n) is 8.24. The van der Waals surface area contributed by atoms with Gasteiger partial charge in [0.2, 0.25) is 5.91 Å². The first kappa shape index (κ1) is 18.4. The maximum absolute atomic E-state index is 12.6. The summed E-state index contributed by atoms with van der Waals surface area (Å²) in [6.07, 6.45) is 0. The molecule has 4 nitrogen and oxygen atoms in total. The number of aryl methyl sites for hydroxylation is 2. The zero-order valence-corrected chi connectivity index (χ0v) is 16.7. The average molecular weight is 382 g/mol. The quantitative estimate of drug-likeness (QED) is 0.630. The summed E-state index contributed by atoms with van der Waals surface area (Å²) < 4.78 is 0. The van der Waals surface area contributed by atoms with E-state index in [1.54, 1.807) is 0 Å². The van der Waals surface area contributed by atoms with E-state index < -0.39 is 0 Å². The van der Waals surface area contributed by atoms with Gasteiger partial charge in [-0.05, 0) is 51.0 Å². The van der Waals surface area contributed by atoms with Crippen LogP contribution in [0.25, 0.3) is 10.9 Å². The first-order chi connectivity index (χ1) is 12.4. The Morgan fingerprint density at radius 2 is 2.04 bits per heavy atom. The molecule has 0 fully saturated rings. The molecule has 0 saturated carbocycles. The number of amides is 1. The van der Waals surface area contributed by atoms with Crippen molar-refractivity contribution in [3.63, 3.8) is 0 Å². The molecule has 2 heterocycles. The minimum Gasteiger partial charge on any atom is -0.316 e. The highest BCUT2D eigenvalue weighted by molar-refractivity contribution is 8.00. The maximum atomic E-state index is 12.6. The van der Waals surface area contributed by atoms with Crippen molar-refractivity contribution >= 4 is 44.9 Å². The monoisotopic (exact) mass is 381 g/mol. The van der Waals surface area contributed by atoms with Crippen LogP contribution in [0.3, 0.4) is 0 Å². The molecule has 1 amide bonds. The molecule has 6 heteroatoms. The molecule has 0 bridgehead atoms. The van der Waals surface area contributed by atoms with Gasteiger partial charge in [-0.15, -0.1) is 11.3 Å². The Morgan fingerprint density at radius 3 is 2.77 bits per heavy atom. The highest BCUT2D eigenvalue weighted by Crippen LogP contribution is 2.33. The van der Waals surface area contributed by atoms with Crippen molar-refractivity contribution in [2.75, 3.05) is 5.32 Å². The normalized spacial score (nSPS) is 12.0. The molecule has 1 atom stereocenters. The van der Waals surface area contributed by atoms with Gasteiger partial charge in [-0.25, -0.2) is 4.98 Å². The summed E-state index contributed by atoms with van der Waals surface area (Å²) in [5.74, 6) is -0.125. The zero-order valence-electron chi connectivity index (χ0n) is 15.1. The summed E-state index contributed by atoms with van der Waals surface area (Å²) in [7, 11) is 0. The van der Waals surface area contributed by atoms with Crippen molar-refractivity contribution < 1.29 is 4.79 Å². The van der Waals surface area contributed by atoms with Gasteiger partial charge in [-0.3, -0.25) is 4.79 Å². The molecular weight excluding hydrogens is 362 g/mol. The third-order valence-corrected chi connectivity index (χ3v) is 6.44. The van der Waals surface area contributed by atoms with Crippen LogP contribution in [0.4, 0.5) is 5.00 Å². The molecule has 3 rings (SSSR count). The number of fused-ring (bicyclic) bond motifs is 1. The van der Waals surface area contributed by atoms with Gasteiger partial charge in [0.1, 0.15) is 11.1 Å². The fourth-order valence-corrected chi connectivity index (χ4v) is 4.61. The number of rotatable bonds is 4. The number of nitrogens with zero attached hydrogens (tertiary/aromatic N) is 2. The zero-order chi connectivity index (χ0) is 18.8. The van der Waals surface area contributed by atoms with Crippen LogP contribution in [0.15, 0.2) is 35.4 Å². The third-order valence-electron chi connectivity index (χ3n) is 4.30. The van der Waals surface area contributed by atoms with Gasteiger partial charge in [0.05, 0.1) is 21.4 Å². The van der Waals surface area contributed by atoms with Crippen molar-refractivity contribution in [3.8, 4) is 6.07 Å². The van der Waals surface area contributed by atoms with Crippen LogP contribution in [0.5, 0.6) is 0 Å². The Bertz CT molecular complexity index is 1030. The number of nitriles is 1. The standard InChI is InChI=1S/C20H19N3OS2/c1-11-9-18(22-17-8-6-5-7-15(11)17)25-14(4)19(24)23-20-16(10-21)12(2)13(3)26-20/h5-9,14H,1-4H3,(H,23,24). The van der Waals surface area contributed by atoms with Gasteiger partial charge < -0.3 is 5.32 Å². The lowest BCUT2D eigenvalue weighted by Gasteiger charge is -2.12. The summed E-state index contributed by atoms with van der Waals surface area (Å²) >= 11 is 2.87. The van der Waals surface area contributed by atoms with E-state index in [1.165, 1.54) is 23.1 Å². The lowest BCUT2D eigenvalue weighted by molar-refractivity contribution is -0.115. The van der Waals surface area contributed by atoms with Crippen molar-refractivity contribution in [1.82, 2.24) is 4.98 Å².